The van der Waals surface area contributed by atoms with E-state index in [1.165, 1.54) is 30.3 Å². The third-order valence-electron chi connectivity index (χ3n) is 2.71. The molecule has 0 aliphatic carbocycles. The molecule has 0 unspecified atom stereocenters. The molecule has 2 rings (SSSR count). The van der Waals surface area contributed by atoms with Gasteiger partial charge in [-0.05, 0) is 52.9 Å². The summed E-state index contributed by atoms with van der Waals surface area (Å²) in [5, 5.41) is 30.8. The minimum atomic E-state index is -1.19. The van der Waals surface area contributed by atoms with Gasteiger partial charge in [-0.25, -0.2) is 4.79 Å². The Morgan fingerprint density at radius 2 is 1.67 bits per heavy atom. The van der Waals surface area contributed by atoms with Gasteiger partial charge in [0.25, 0.3) is 5.91 Å². The zero-order chi connectivity index (χ0) is 15.6. The van der Waals surface area contributed by atoms with E-state index in [9.17, 15) is 19.8 Å². The van der Waals surface area contributed by atoms with E-state index in [1.54, 1.807) is 6.07 Å². The summed E-state index contributed by atoms with van der Waals surface area (Å²) in [6.45, 7) is 0. The highest BCUT2D eigenvalue weighted by atomic mass is 127. The average molecular weight is 399 g/mol. The second-order valence-corrected chi connectivity index (χ2v) is 5.37. The number of benzene rings is 2. The number of aromatic hydroxyl groups is 2. The molecule has 0 radical (unpaired) electrons. The van der Waals surface area contributed by atoms with Gasteiger partial charge < -0.3 is 20.6 Å². The zero-order valence-corrected chi connectivity index (χ0v) is 12.7. The summed E-state index contributed by atoms with van der Waals surface area (Å²) in [7, 11) is 0. The van der Waals surface area contributed by atoms with E-state index in [2.05, 4.69) is 5.32 Å². The van der Waals surface area contributed by atoms with E-state index in [4.69, 9.17) is 5.11 Å². The van der Waals surface area contributed by atoms with E-state index < -0.39 is 23.4 Å². The van der Waals surface area contributed by atoms with Gasteiger partial charge in [-0.1, -0.05) is 6.07 Å². The first-order valence-electron chi connectivity index (χ1n) is 5.75. The van der Waals surface area contributed by atoms with Crippen LogP contribution >= 0.6 is 22.6 Å². The largest absolute Gasteiger partial charge is 0.507 e. The van der Waals surface area contributed by atoms with Gasteiger partial charge in [0, 0.05) is 3.57 Å². The molecule has 0 spiro atoms. The van der Waals surface area contributed by atoms with Crippen molar-refractivity contribution in [2.24, 2.45) is 0 Å². The minimum absolute atomic E-state index is 0.0786. The molecule has 0 heterocycles. The molecule has 0 saturated carbocycles. The first kappa shape index (κ1) is 15.1. The maximum absolute atomic E-state index is 12.1. The summed E-state index contributed by atoms with van der Waals surface area (Å²) in [5.41, 5.74) is -0.312. The van der Waals surface area contributed by atoms with Crippen molar-refractivity contribution < 1.29 is 24.9 Å². The third-order valence-corrected chi connectivity index (χ3v) is 3.38. The molecular weight excluding hydrogens is 389 g/mol. The molecule has 7 heteroatoms. The highest BCUT2D eigenvalue weighted by molar-refractivity contribution is 14.1. The lowest BCUT2D eigenvalue weighted by molar-refractivity contribution is 0.0698. The van der Waals surface area contributed by atoms with Crippen LogP contribution in [0.3, 0.4) is 0 Å². The lowest BCUT2D eigenvalue weighted by Gasteiger charge is -2.11. The van der Waals surface area contributed by atoms with Crippen molar-refractivity contribution in [1.82, 2.24) is 0 Å². The number of aromatic carboxylic acids is 1. The molecule has 0 aromatic heterocycles. The van der Waals surface area contributed by atoms with Crippen molar-refractivity contribution in [2.75, 3.05) is 5.32 Å². The first-order chi connectivity index (χ1) is 9.90. The van der Waals surface area contributed by atoms with Crippen molar-refractivity contribution in [3.05, 3.63) is 51.1 Å². The number of halogens is 1. The van der Waals surface area contributed by atoms with E-state index in [0.717, 1.165) is 0 Å². The van der Waals surface area contributed by atoms with E-state index in [-0.39, 0.29) is 16.8 Å². The Morgan fingerprint density at radius 1 is 1.05 bits per heavy atom. The maximum atomic E-state index is 12.1. The fourth-order valence-corrected chi connectivity index (χ4v) is 2.24. The molecule has 0 bridgehead atoms. The van der Waals surface area contributed by atoms with E-state index >= 15 is 0 Å². The monoisotopic (exact) mass is 399 g/mol. The van der Waals surface area contributed by atoms with Crippen molar-refractivity contribution in [1.29, 1.82) is 0 Å². The van der Waals surface area contributed by atoms with Crippen molar-refractivity contribution in [3.8, 4) is 11.5 Å². The third kappa shape index (κ3) is 3.24. The SMILES string of the molecule is O=C(O)c1cc(I)ccc1NC(=O)c1c(O)cccc1O. The fourth-order valence-electron chi connectivity index (χ4n) is 1.75. The van der Waals surface area contributed by atoms with Crippen LogP contribution < -0.4 is 5.32 Å². The average Bonchev–Trinajstić information content (AvgIpc) is 2.40. The number of carboxylic acids is 1. The van der Waals surface area contributed by atoms with Gasteiger partial charge in [-0.2, -0.15) is 0 Å². The number of hydrogen-bond acceptors (Lipinski definition) is 4. The van der Waals surface area contributed by atoms with Gasteiger partial charge in [0.15, 0.2) is 0 Å². The number of carboxylic acid groups (broad SMARTS) is 1. The predicted molar refractivity (Wildman–Crippen MR) is 83.8 cm³/mol. The Hall–Kier alpha value is -2.29. The van der Waals surface area contributed by atoms with Gasteiger partial charge in [-0.3, -0.25) is 4.79 Å². The molecule has 4 N–H and O–H groups in total. The summed E-state index contributed by atoms with van der Waals surface area (Å²) < 4.78 is 0.702. The zero-order valence-electron chi connectivity index (χ0n) is 10.5. The number of carbonyl (C=O) groups is 2. The Labute approximate surface area is 133 Å². The summed E-state index contributed by atoms with van der Waals surface area (Å²) in [6.07, 6.45) is 0. The normalized spacial score (nSPS) is 10.1. The van der Waals surface area contributed by atoms with Crippen LogP contribution in [0.5, 0.6) is 11.5 Å². The summed E-state index contributed by atoms with van der Waals surface area (Å²) >= 11 is 1.96. The van der Waals surface area contributed by atoms with Gasteiger partial charge in [0.2, 0.25) is 0 Å². The maximum Gasteiger partial charge on any atom is 0.337 e. The predicted octanol–water partition coefficient (Wildman–Crippen LogP) is 2.65. The van der Waals surface area contributed by atoms with Crippen LogP contribution in [0, 0.1) is 3.57 Å². The molecule has 0 fully saturated rings. The van der Waals surface area contributed by atoms with Crippen LogP contribution in [0.25, 0.3) is 0 Å². The summed E-state index contributed by atoms with van der Waals surface area (Å²) in [5.74, 6) is -2.77. The Morgan fingerprint density at radius 3 is 2.24 bits per heavy atom. The molecular formula is C14H10INO5. The van der Waals surface area contributed by atoms with Crippen molar-refractivity contribution in [2.45, 2.75) is 0 Å². The smallest absolute Gasteiger partial charge is 0.337 e. The van der Waals surface area contributed by atoms with Crippen LogP contribution in [0.1, 0.15) is 20.7 Å². The number of phenolic OH excluding ortho intramolecular Hbond substituents is 2. The summed E-state index contributed by atoms with van der Waals surface area (Å²) in [6, 6.07) is 8.37. The molecule has 2 aromatic carbocycles. The molecule has 0 aliphatic rings. The molecule has 108 valence electrons. The number of carbonyl (C=O) groups excluding carboxylic acids is 1. The lowest BCUT2D eigenvalue weighted by Crippen LogP contribution is -2.15. The number of nitrogens with one attached hydrogen (secondary N) is 1. The van der Waals surface area contributed by atoms with Crippen molar-refractivity contribution in [3.63, 3.8) is 0 Å². The number of rotatable bonds is 3. The Kier molecular flexibility index (Phi) is 4.32. The number of anilines is 1. The quantitative estimate of drug-likeness (QED) is 0.594. The fraction of sp³-hybridized carbons (Fsp3) is 0. The standard InChI is InChI=1S/C14H10INO5/c15-7-4-5-9(8(6-7)14(20)21)16-13(19)12-10(17)2-1-3-11(12)18/h1-6,17-18H,(H,16,19)(H,20,21). The van der Waals surface area contributed by atoms with Crippen LogP contribution in [0.4, 0.5) is 5.69 Å². The molecule has 21 heavy (non-hydrogen) atoms. The number of phenols is 2. The second kappa shape index (κ2) is 6.00. The van der Waals surface area contributed by atoms with E-state index in [0.29, 0.717) is 3.57 Å². The van der Waals surface area contributed by atoms with Crippen LogP contribution in [-0.2, 0) is 0 Å². The topological polar surface area (TPSA) is 107 Å². The molecule has 0 atom stereocenters. The molecule has 0 aliphatic heterocycles. The summed E-state index contributed by atoms with van der Waals surface area (Å²) in [4.78, 5) is 23.3. The number of amides is 1. The lowest BCUT2D eigenvalue weighted by atomic mass is 10.1. The molecule has 1 amide bonds. The highest BCUT2D eigenvalue weighted by Crippen LogP contribution is 2.28. The van der Waals surface area contributed by atoms with Gasteiger partial charge >= 0.3 is 5.97 Å². The van der Waals surface area contributed by atoms with Crippen LogP contribution in [-0.4, -0.2) is 27.2 Å². The Bertz CT molecular complexity index is 709. The van der Waals surface area contributed by atoms with Crippen LogP contribution in [0.2, 0.25) is 0 Å². The van der Waals surface area contributed by atoms with Gasteiger partial charge in [0.1, 0.15) is 17.1 Å². The second-order valence-electron chi connectivity index (χ2n) is 4.12. The van der Waals surface area contributed by atoms with Gasteiger partial charge in [-0.15, -0.1) is 0 Å². The number of hydrogen-bond donors (Lipinski definition) is 4. The van der Waals surface area contributed by atoms with E-state index in [1.807, 2.05) is 22.6 Å². The molecule has 2 aromatic rings. The van der Waals surface area contributed by atoms with Crippen molar-refractivity contribution >= 4 is 40.2 Å². The molecule has 6 nitrogen and oxygen atoms in total. The minimum Gasteiger partial charge on any atom is -0.507 e. The first-order valence-corrected chi connectivity index (χ1v) is 6.83. The highest BCUT2D eigenvalue weighted by Gasteiger charge is 2.19. The Balaban J connectivity index is 2.39. The van der Waals surface area contributed by atoms with Gasteiger partial charge in [0.05, 0.1) is 11.3 Å². The van der Waals surface area contributed by atoms with Crippen LogP contribution in [0.15, 0.2) is 36.4 Å². The molecule has 0 saturated heterocycles.